The third-order valence-corrected chi connectivity index (χ3v) is 2.79. The van der Waals surface area contributed by atoms with Gasteiger partial charge >= 0.3 is 0 Å². The lowest BCUT2D eigenvalue weighted by molar-refractivity contribution is -0.126. The van der Waals surface area contributed by atoms with E-state index in [-0.39, 0.29) is 11.8 Å². The molecule has 1 saturated heterocycles. The molecule has 15 heavy (non-hydrogen) atoms. The number of piperidine rings is 1. The SMILES string of the molecule is C#CCCCNC(=O)C1CCNC(C)C1. The van der Waals surface area contributed by atoms with Crippen molar-refractivity contribution in [2.24, 2.45) is 5.92 Å². The van der Waals surface area contributed by atoms with Crippen LogP contribution in [0.1, 0.15) is 32.6 Å². The Labute approximate surface area is 92.0 Å². The van der Waals surface area contributed by atoms with E-state index >= 15 is 0 Å². The largest absolute Gasteiger partial charge is 0.356 e. The van der Waals surface area contributed by atoms with Gasteiger partial charge in [0.2, 0.25) is 5.91 Å². The molecule has 0 aromatic rings. The molecule has 1 aliphatic heterocycles. The number of amides is 1. The summed E-state index contributed by atoms with van der Waals surface area (Å²) < 4.78 is 0. The lowest BCUT2D eigenvalue weighted by Crippen LogP contribution is -2.42. The van der Waals surface area contributed by atoms with Crippen molar-refractivity contribution in [2.75, 3.05) is 13.1 Å². The average molecular weight is 208 g/mol. The van der Waals surface area contributed by atoms with Crippen molar-refractivity contribution in [3.05, 3.63) is 0 Å². The molecule has 0 radical (unpaired) electrons. The van der Waals surface area contributed by atoms with Crippen molar-refractivity contribution in [3.8, 4) is 12.3 Å². The Balaban J connectivity index is 2.18. The van der Waals surface area contributed by atoms with Gasteiger partial charge in [0, 0.05) is 24.9 Å². The van der Waals surface area contributed by atoms with E-state index in [0.29, 0.717) is 12.6 Å². The lowest BCUT2D eigenvalue weighted by atomic mass is 9.92. The fourth-order valence-corrected chi connectivity index (χ4v) is 1.92. The topological polar surface area (TPSA) is 41.1 Å². The van der Waals surface area contributed by atoms with Gasteiger partial charge in [-0.05, 0) is 32.7 Å². The first-order valence-electron chi connectivity index (χ1n) is 5.68. The number of hydrogen-bond acceptors (Lipinski definition) is 2. The summed E-state index contributed by atoms with van der Waals surface area (Å²) in [4.78, 5) is 11.7. The zero-order chi connectivity index (χ0) is 11.1. The van der Waals surface area contributed by atoms with Crippen molar-refractivity contribution in [3.63, 3.8) is 0 Å². The number of terminal acetylenes is 1. The van der Waals surface area contributed by atoms with Crippen LogP contribution in [-0.4, -0.2) is 25.0 Å². The maximum Gasteiger partial charge on any atom is 0.223 e. The highest BCUT2D eigenvalue weighted by atomic mass is 16.1. The zero-order valence-electron chi connectivity index (χ0n) is 9.38. The molecule has 0 spiro atoms. The minimum Gasteiger partial charge on any atom is -0.356 e. The van der Waals surface area contributed by atoms with Crippen molar-refractivity contribution in [2.45, 2.75) is 38.6 Å². The van der Waals surface area contributed by atoms with E-state index in [1.807, 2.05) is 0 Å². The van der Waals surface area contributed by atoms with E-state index in [1.165, 1.54) is 0 Å². The molecule has 3 nitrogen and oxygen atoms in total. The first-order valence-corrected chi connectivity index (χ1v) is 5.68. The highest BCUT2D eigenvalue weighted by Crippen LogP contribution is 2.15. The Morgan fingerprint density at radius 3 is 3.13 bits per heavy atom. The fourth-order valence-electron chi connectivity index (χ4n) is 1.92. The van der Waals surface area contributed by atoms with Crippen LogP contribution in [0.25, 0.3) is 0 Å². The smallest absolute Gasteiger partial charge is 0.223 e. The third kappa shape index (κ3) is 4.35. The predicted octanol–water partition coefficient (Wildman–Crippen LogP) is 0.904. The van der Waals surface area contributed by atoms with E-state index in [2.05, 4.69) is 23.5 Å². The number of nitrogens with one attached hydrogen (secondary N) is 2. The Morgan fingerprint density at radius 1 is 1.67 bits per heavy atom. The van der Waals surface area contributed by atoms with Crippen LogP contribution in [0, 0.1) is 18.3 Å². The molecule has 1 fully saturated rings. The Bertz CT molecular complexity index is 244. The summed E-state index contributed by atoms with van der Waals surface area (Å²) >= 11 is 0. The van der Waals surface area contributed by atoms with Crippen LogP contribution in [0.4, 0.5) is 0 Å². The molecule has 2 unspecified atom stereocenters. The number of carbonyl (C=O) groups is 1. The minimum absolute atomic E-state index is 0.187. The van der Waals surface area contributed by atoms with Gasteiger partial charge in [0.05, 0.1) is 0 Å². The number of rotatable bonds is 4. The Kier molecular flexibility index (Phi) is 5.20. The normalized spacial score (nSPS) is 25.6. The molecule has 1 aliphatic rings. The second-order valence-corrected chi connectivity index (χ2v) is 4.18. The zero-order valence-corrected chi connectivity index (χ0v) is 9.38. The molecule has 1 heterocycles. The summed E-state index contributed by atoms with van der Waals surface area (Å²) in [7, 11) is 0. The summed E-state index contributed by atoms with van der Waals surface area (Å²) in [5.41, 5.74) is 0. The molecule has 2 N–H and O–H groups in total. The van der Waals surface area contributed by atoms with E-state index in [4.69, 9.17) is 6.42 Å². The molecule has 84 valence electrons. The average Bonchev–Trinajstić information content (AvgIpc) is 2.24. The number of hydrogen-bond donors (Lipinski definition) is 2. The lowest BCUT2D eigenvalue weighted by Gasteiger charge is -2.27. The van der Waals surface area contributed by atoms with Crippen LogP contribution in [0.5, 0.6) is 0 Å². The maximum absolute atomic E-state index is 11.7. The van der Waals surface area contributed by atoms with Gasteiger partial charge < -0.3 is 10.6 Å². The van der Waals surface area contributed by atoms with Gasteiger partial charge in [0.15, 0.2) is 0 Å². The highest BCUT2D eigenvalue weighted by Gasteiger charge is 2.23. The molecule has 0 bridgehead atoms. The minimum atomic E-state index is 0.187. The highest BCUT2D eigenvalue weighted by molar-refractivity contribution is 5.78. The molecule has 3 heteroatoms. The molecule has 1 amide bonds. The van der Waals surface area contributed by atoms with Crippen molar-refractivity contribution < 1.29 is 4.79 Å². The molecular formula is C12H20N2O. The van der Waals surface area contributed by atoms with Gasteiger partial charge in [0.1, 0.15) is 0 Å². The molecule has 0 aliphatic carbocycles. The van der Waals surface area contributed by atoms with Crippen molar-refractivity contribution in [1.29, 1.82) is 0 Å². The van der Waals surface area contributed by atoms with Gasteiger partial charge in [0.25, 0.3) is 0 Å². The van der Waals surface area contributed by atoms with E-state index in [9.17, 15) is 4.79 Å². The fraction of sp³-hybridized carbons (Fsp3) is 0.750. The second-order valence-electron chi connectivity index (χ2n) is 4.18. The van der Waals surface area contributed by atoms with Crippen LogP contribution in [0.2, 0.25) is 0 Å². The molecule has 0 aromatic carbocycles. The number of carbonyl (C=O) groups excluding carboxylic acids is 1. The quantitative estimate of drug-likeness (QED) is 0.532. The van der Waals surface area contributed by atoms with Crippen molar-refractivity contribution >= 4 is 5.91 Å². The van der Waals surface area contributed by atoms with E-state index in [0.717, 1.165) is 32.2 Å². The van der Waals surface area contributed by atoms with Crippen LogP contribution in [0.15, 0.2) is 0 Å². The van der Waals surface area contributed by atoms with Gasteiger partial charge in [-0.25, -0.2) is 0 Å². The predicted molar refractivity (Wildman–Crippen MR) is 61.3 cm³/mol. The second kappa shape index (κ2) is 6.47. The van der Waals surface area contributed by atoms with Crippen LogP contribution >= 0.6 is 0 Å². The molecule has 0 aromatic heterocycles. The summed E-state index contributed by atoms with van der Waals surface area (Å²) in [5.74, 6) is 2.95. The van der Waals surface area contributed by atoms with Crippen LogP contribution in [-0.2, 0) is 4.79 Å². The molecule has 0 saturated carbocycles. The summed E-state index contributed by atoms with van der Waals surface area (Å²) in [6, 6.07) is 0.459. The first-order chi connectivity index (χ1) is 7.24. The van der Waals surface area contributed by atoms with Crippen molar-refractivity contribution in [1.82, 2.24) is 10.6 Å². The van der Waals surface area contributed by atoms with Gasteiger partial charge in [-0.1, -0.05) is 0 Å². The first kappa shape index (κ1) is 12.1. The van der Waals surface area contributed by atoms with Gasteiger partial charge in [-0.3, -0.25) is 4.79 Å². The van der Waals surface area contributed by atoms with Gasteiger partial charge in [-0.15, -0.1) is 12.3 Å². The number of unbranched alkanes of at least 4 members (excludes halogenated alkanes) is 1. The third-order valence-electron chi connectivity index (χ3n) is 2.79. The summed E-state index contributed by atoms with van der Waals surface area (Å²) in [6.45, 7) is 3.78. The van der Waals surface area contributed by atoms with Crippen LogP contribution in [0.3, 0.4) is 0 Å². The Morgan fingerprint density at radius 2 is 2.47 bits per heavy atom. The van der Waals surface area contributed by atoms with E-state index in [1.54, 1.807) is 0 Å². The molecule has 1 rings (SSSR count). The van der Waals surface area contributed by atoms with Gasteiger partial charge in [-0.2, -0.15) is 0 Å². The summed E-state index contributed by atoms with van der Waals surface area (Å²) in [6.07, 6.45) is 8.65. The van der Waals surface area contributed by atoms with E-state index < -0.39 is 0 Å². The van der Waals surface area contributed by atoms with Crippen LogP contribution < -0.4 is 10.6 Å². The molecule has 2 atom stereocenters. The monoisotopic (exact) mass is 208 g/mol. The Hall–Kier alpha value is -1.01. The summed E-state index contributed by atoms with van der Waals surface area (Å²) in [5, 5.41) is 6.28. The maximum atomic E-state index is 11.7. The molecular weight excluding hydrogens is 188 g/mol. The standard InChI is InChI=1S/C12H20N2O/c1-3-4-5-7-14-12(15)11-6-8-13-10(2)9-11/h1,10-11,13H,4-9H2,2H3,(H,14,15).